The van der Waals surface area contributed by atoms with Gasteiger partial charge in [0, 0.05) is 19.3 Å². The highest BCUT2D eigenvalue weighted by atomic mass is 16.6. The minimum absolute atomic E-state index is 0.0428. The van der Waals surface area contributed by atoms with Crippen molar-refractivity contribution in [3.05, 3.63) is 36.5 Å². The van der Waals surface area contributed by atoms with Crippen LogP contribution in [-0.2, 0) is 28.6 Å². The molecule has 0 aliphatic heterocycles. The number of unbranched alkanes of at least 4 members (excludes halogenated alkanes) is 32. The maximum Gasteiger partial charge on any atom is 0.306 e. The Bertz CT molecular complexity index is 1190. The Hall–Kier alpha value is -2.45. The summed E-state index contributed by atoms with van der Waals surface area (Å²) in [5, 5.41) is 11.7. The zero-order valence-electron chi connectivity index (χ0n) is 44.8. The van der Waals surface area contributed by atoms with Crippen LogP contribution in [0.1, 0.15) is 271 Å². The lowest BCUT2D eigenvalue weighted by Gasteiger charge is -2.34. The zero-order chi connectivity index (χ0) is 49.2. The van der Waals surface area contributed by atoms with Crippen molar-refractivity contribution in [1.82, 2.24) is 0 Å². The number of carboxylic acids is 1. The molecule has 0 rings (SSSR count). The van der Waals surface area contributed by atoms with E-state index in [1.165, 1.54) is 180 Å². The summed E-state index contributed by atoms with van der Waals surface area (Å²) in [6.07, 6.45) is 60.4. The SMILES string of the molecule is CC/C=C/C/C=C/C/C=C/CCCCCCCCCCCCC(=O)OC(COCCC(C(=O)[O-])[N+](C)(C)C)COC(=O)CCCCCCCCCCCCCCCCCCCCCCCCC. The Labute approximate surface area is 414 Å². The number of ether oxygens (including phenoxy) is 3. The lowest BCUT2D eigenvalue weighted by molar-refractivity contribution is -0.889. The predicted molar refractivity (Wildman–Crippen MR) is 282 cm³/mol. The van der Waals surface area contributed by atoms with Crippen LogP contribution < -0.4 is 5.11 Å². The summed E-state index contributed by atoms with van der Waals surface area (Å²) in [7, 11) is 5.43. The predicted octanol–water partition coefficient (Wildman–Crippen LogP) is 15.6. The lowest BCUT2D eigenvalue weighted by Crippen LogP contribution is -2.55. The summed E-state index contributed by atoms with van der Waals surface area (Å²) in [6.45, 7) is 4.60. The first-order chi connectivity index (χ1) is 32.6. The number of aliphatic carboxylic acids is 1. The van der Waals surface area contributed by atoms with Crippen LogP contribution in [0, 0.1) is 0 Å². The zero-order valence-corrected chi connectivity index (χ0v) is 44.8. The minimum atomic E-state index is -1.12. The quantitative estimate of drug-likeness (QED) is 0.0259. The molecule has 0 radical (unpaired) electrons. The average molecular weight is 945 g/mol. The fourth-order valence-corrected chi connectivity index (χ4v) is 8.68. The van der Waals surface area contributed by atoms with E-state index in [1.807, 2.05) is 21.1 Å². The number of likely N-dealkylation sites (N-methyl/N-ethyl adjacent to an activating group) is 1. The summed E-state index contributed by atoms with van der Waals surface area (Å²) < 4.78 is 17.3. The molecule has 0 saturated carbocycles. The van der Waals surface area contributed by atoms with Crippen LogP contribution in [0.3, 0.4) is 0 Å². The smallest absolute Gasteiger partial charge is 0.306 e. The third kappa shape index (κ3) is 48.4. The van der Waals surface area contributed by atoms with Crippen LogP contribution in [0.25, 0.3) is 0 Å². The largest absolute Gasteiger partial charge is 0.544 e. The van der Waals surface area contributed by atoms with Gasteiger partial charge in [-0.1, -0.05) is 243 Å². The van der Waals surface area contributed by atoms with Gasteiger partial charge < -0.3 is 28.6 Å². The number of hydrogen-bond acceptors (Lipinski definition) is 7. The number of nitrogens with zero attached hydrogens (tertiary/aromatic N) is 1. The van der Waals surface area contributed by atoms with Gasteiger partial charge in [0.1, 0.15) is 12.6 Å². The molecule has 0 fully saturated rings. The molecule has 0 heterocycles. The molecule has 0 bridgehead atoms. The third-order valence-corrected chi connectivity index (χ3v) is 13.0. The monoisotopic (exact) mass is 944 g/mol. The van der Waals surface area contributed by atoms with E-state index >= 15 is 0 Å². The van der Waals surface area contributed by atoms with Gasteiger partial charge in [-0.25, -0.2) is 0 Å². The highest BCUT2D eigenvalue weighted by Gasteiger charge is 2.25. The number of rotatable bonds is 52. The van der Waals surface area contributed by atoms with E-state index in [2.05, 4.69) is 50.3 Å². The Morgan fingerprint density at radius 2 is 0.836 bits per heavy atom. The van der Waals surface area contributed by atoms with Gasteiger partial charge in [0.15, 0.2) is 6.10 Å². The average Bonchev–Trinajstić information content (AvgIpc) is 3.29. The molecule has 8 nitrogen and oxygen atoms in total. The Morgan fingerprint density at radius 3 is 1.24 bits per heavy atom. The second kappa shape index (κ2) is 50.0. The van der Waals surface area contributed by atoms with Crippen molar-refractivity contribution in [3.8, 4) is 0 Å². The van der Waals surface area contributed by atoms with Gasteiger partial charge in [0.2, 0.25) is 0 Å². The molecule has 392 valence electrons. The second-order valence-electron chi connectivity index (χ2n) is 20.5. The second-order valence-corrected chi connectivity index (χ2v) is 20.5. The van der Waals surface area contributed by atoms with Gasteiger partial charge in [-0.2, -0.15) is 0 Å². The Morgan fingerprint density at radius 1 is 0.463 bits per heavy atom. The molecule has 8 heteroatoms. The Balaban J connectivity index is 4.13. The molecule has 0 spiro atoms. The van der Waals surface area contributed by atoms with Crippen LogP contribution in [0.4, 0.5) is 0 Å². The highest BCUT2D eigenvalue weighted by Crippen LogP contribution is 2.17. The van der Waals surface area contributed by atoms with E-state index in [0.29, 0.717) is 12.8 Å². The molecule has 0 aromatic heterocycles. The van der Waals surface area contributed by atoms with E-state index in [9.17, 15) is 19.5 Å². The molecular weight excluding hydrogens is 835 g/mol. The van der Waals surface area contributed by atoms with E-state index in [1.54, 1.807) is 0 Å². The van der Waals surface area contributed by atoms with Gasteiger partial charge in [0.05, 0.1) is 40.3 Å². The maximum atomic E-state index is 12.8. The highest BCUT2D eigenvalue weighted by molar-refractivity contribution is 5.70. The summed E-state index contributed by atoms with van der Waals surface area (Å²) in [5.41, 5.74) is 0. The first kappa shape index (κ1) is 64.5. The van der Waals surface area contributed by atoms with E-state index in [0.717, 1.165) is 57.8 Å². The van der Waals surface area contributed by atoms with Crippen LogP contribution in [0.2, 0.25) is 0 Å². The van der Waals surface area contributed by atoms with Gasteiger partial charge in [-0.3, -0.25) is 9.59 Å². The normalized spacial score (nSPS) is 13.0. The van der Waals surface area contributed by atoms with Crippen LogP contribution in [-0.4, -0.2) is 75.5 Å². The fourth-order valence-electron chi connectivity index (χ4n) is 8.68. The van der Waals surface area contributed by atoms with Gasteiger partial charge in [-0.05, 0) is 44.9 Å². The summed E-state index contributed by atoms with van der Waals surface area (Å²) in [6, 6.07) is -0.726. The molecule has 2 atom stereocenters. The number of hydrogen-bond donors (Lipinski definition) is 0. The van der Waals surface area contributed by atoms with E-state index in [4.69, 9.17) is 14.2 Å². The first-order valence-electron chi connectivity index (χ1n) is 28.5. The minimum Gasteiger partial charge on any atom is -0.544 e. The molecule has 67 heavy (non-hydrogen) atoms. The number of carboxylic acid groups (broad SMARTS) is 1. The van der Waals surface area contributed by atoms with Crippen LogP contribution in [0.5, 0.6) is 0 Å². The molecule has 2 unspecified atom stereocenters. The van der Waals surface area contributed by atoms with E-state index < -0.39 is 18.1 Å². The molecule has 0 N–H and O–H groups in total. The molecular formula is C59H109NO7. The van der Waals surface area contributed by atoms with Gasteiger partial charge >= 0.3 is 11.9 Å². The molecule has 0 aliphatic carbocycles. The van der Waals surface area contributed by atoms with E-state index in [-0.39, 0.29) is 42.7 Å². The van der Waals surface area contributed by atoms with Crippen molar-refractivity contribution in [1.29, 1.82) is 0 Å². The molecule has 0 aliphatic rings. The number of carbonyl (C=O) groups is 3. The summed E-state index contributed by atoms with van der Waals surface area (Å²) in [5.74, 6) is -1.72. The Kier molecular flexibility index (Phi) is 48.1. The van der Waals surface area contributed by atoms with Crippen molar-refractivity contribution in [2.24, 2.45) is 0 Å². The van der Waals surface area contributed by atoms with Gasteiger partial charge in [-0.15, -0.1) is 0 Å². The molecule has 0 amide bonds. The first-order valence-corrected chi connectivity index (χ1v) is 28.5. The van der Waals surface area contributed by atoms with Crippen molar-refractivity contribution in [2.45, 2.75) is 283 Å². The topological polar surface area (TPSA) is 102 Å². The van der Waals surface area contributed by atoms with Crippen molar-refractivity contribution in [2.75, 3.05) is 41.0 Å². The third-order valence-electron chi connectivity index (χ3n) is 13.0. The summed E-state index contributed by atoms with van der Waals surface area (Å²) in [4.78, 5) is 37.1. The van der Waals surface area contributed by atoms with Gasteiger partial charge in [0.25, 0.3) is 0 Å². The summed E-state index contributed by atoms with van der Waals surface area (Å²) >= 11 is 0. The molecule has 0 aromatic carbocycles. The number of esters is 2. The fraction of sp³-hybridized carbons (Fsp3) is 0.847. The van der Waals surface area contributed by atoms with Crippen LogP contribution >= 0.6 is 0 Å². The number of allylic oxidation sites excluding steroid dienone is 6. The lowest BCUT2D eigenvalue weighted by atomic mass is 10.0. The molecule has 0 saturated heterocycles. The van der Waals surface area contributed by atoms with Crippen molar-refractivity contribution < 1.29 is 38.2 Å². The number of quaternary nitrogens is 1. The van der Waals surface area contributed by atoms with Crippen LogP contribution in [0.15, 0.2) is 36.5 Å². The molecule has 0 aromatic rings. The standard InChI is InChI=1S/C59H109NO7/c1-6-8-10-12-14-16-18-20-22-24-26-28-29-30-32-33-35-37-39-41-43-45-47-49-57(61)66-54-55(53-65-52-51-56(59(63)64)60(3,4)5)67-58(62)50-48-46-44-42-40-38-36-34-31-27-25-23-21-19-17-15-13-11-9-7-2/h9,11,15,17,21,23,55-56H,6-8,10,12-14,16,18-20,22,24-54H2,1-5H3/b11-9+,17-15+,23-21+. The maximum absolute atomic E-state index is 12.8. The number of carbonyl (C=O) groups excluding carboxylic acids is 3. The van der Waals surface area contributed by atoms with Crippen molar-refractivity contribution >= 4 is 17.9 Å². The van der Waals surface area contributed by atoms with Crippen molar-refractivity contribution in [3.63, 3.8) is 0 Å².